The van der Waals surface area contributed by atoms with E-state index in [1.54, 1.807) is 0 Å². The highest BCUT2D eigenvalue weighted by Gasteiger charge is 2.42. The molecule has 1 N–H and O–H groups in total. The highest BCUT2D eigenvalue weighted by Crippen LogP contribution is 2.44. The number of hydrogen-bond acceptors (Lipinski definition) is 4. The first kappa shape index (κ1) is 13.5. The largest absolute Gasteiger partial charge is 0.469 e. The first-order valence-electron chi connectivity index (χ1n) is 7.16. The van der Waals surface area contributed by atoms with Crippen LogP contribution in [0, 0.1) is 12.8 Å². The number of nitrogens with one attached hydrogen (secondary N) is 1. The van der Waals surface area contributed by atoms with E-state index in [9.17, 15) is 0 Å². The van der Waals surface area contributed by atoms with Crippen molar-refractivity contribution in [3.05, 3.63) is 23.7 Å². The summed E-state index contributed by atoms with van der Waals surface area (Å²) >= 11 is 2.04. The minimum atomic E-state index is 0.154. The van der Waals surface area contributed by atoms with Crippen LogP contribution in [0.25, 0.3) is 0 Å². The van der Waals surface area contributed by atoms with Crippen LogP contribution in [0.5, 0.6) is 0 Å². The lowest BCUT2D eigenvalue weighted by Gasteiger charge is -2.40. The molecule has 2 aliphatic heterocycles. The fourth-order valence-electron chi connectivity index (χ4n) is 3.51. The molecule has 2 saturated heterocycles. The Hall–Kier alpha value is -0.450. The Balaban J connectivity index is 1.76. The van der Waals surface area contributed by atoms with Gasteiger partial charge in [-0.1, -0.05) is 0 Å². The average molecular weight is 281 g/mol. The monoisotopic (exact) mass is 281 g/mol. The predicted molar refractivity (Wildman–Crippen MR) is 78.6 cm³/mol. The number of rotatable bonds is 3. The van der Waals surface area contributed by atoms with Crippen molar-refractivity contribution in [2.75, 3.05) is 25.2 Å². The van der Waals surface area contributed by atoms with Gasteiger partial charge in [0, 0.05) is 24.0 Å². The second-order valence-corrected chi connectivity index (χ2v) is 6.95. The van der Waals surface area contributed by atoms with Crippen molar-refractivity contribution in [3.63, 3.8) is 0 Å². The Morgan fingerprint density at radius 1 is 1.53 bits per heavy atom. The van der Waals surface area contributed by atoms with Crippen LogP contribution in [-0.4, -0.2) is 30.8 Å². The molecule has 3 unspecified atom stereocenters. The van der Waals surface area contributed by atoms with Crippen LogP contribution in [0.15, 0.2) is 16.7 Å². The molecule has 4 heteroatoms. The number of thioether (sulfide) groups is 1. The molecule has 106 valence electrons. The molecular formula is C15H23NO2S. The van der Waals surface area contributed by atoms with E-state index in [1.165, 1.54) is 29.9 Å². The zero-order chi connectivity index (χ0) is 13.3. The van der Waals surface area contributed by atoms with Gasteiger partial charge in [-0.3, -0.25) is 0 Å². The molecular weight excluding hydrogens is 258 g/mol. The minimum absolute atomic E-state index is 0.154. The van der Waals surface area contributed by atoms with E-state index in [-0.39, 0.29) is 5.60 Å². The van der Waals surface area contributed by atoms with Crippen LogP contribution >= 0.6 is 11.8 Å². The number of hydrogen-bond donors (Lipinski definition) is 1. The fourth-order valence-corrected chi connectivity index (χ4v) is 4.89. The molecule has 0 radical (unpaired) electrons. The van der Waals surface area contributed by atoms with Crippen LogP contribution in [0.2, 0.25) is 0 Å². The molecule has 1 spiro atoms. The maximum atomic E-state index is 6.12. The van der Waals surface area contributed by atoms with Crippen molar-refractivity contribution in [1.29, 1.82) is 0 Å². The second-order valence-electron chi connectivity index (χ2n) is 5.84. The summed E-state index contributed by atoms with van der Waals surface area (Å²) in [5, 5.41) is 3.49. The van der Waals surface area contributed by atoms with E-state index in [2.05, 4.69) is 18.4 Å². The smallest absolute Gasteiger partial charge is 0.101 e. The molecule has 0 saturated carbocycles. The van der Waals surface area contributed by atoms with Crippen LogP contribution in [0.1, 0.15) is 36.6 Å². The van der Waals surface area contributed by atoms with E-state index in [4.69, 9.17) is 9.15 Å². The molecule has 0 aromatic carbocycles. The van der Waals surface area contributed by atoms with Crippen molar-refractivity contribution in [3.8, 4) is 0 Å². The first-order chi connectivity index (χ1) is 9.22. The van der Waals surface area contributed by atoms with E-state index < -0.39 is 0 Å². The summed E-state index contributed by atoms with van der Waals surface area (Å²) in [4.78, 5) is 0. The van der Waals surface area contributed by atoms with Crippen molar-refractivity contribution in [2.45, 2.75) is 37.8 Å². The molecule has 3 atom stereocenters. The molecule has 1 aromatic heterocycles. The topological polar surface area (TPSA) is 34.4 Å². The third-order valence-electron chi connectivity index (χ3n) is 4.49. The molecule has 19 heavy (non-hydrogen) atoms. The molecule has 3 heterocycles. The number of aryl methyl sites for hydroxylation is 1. The van der Waals surface area contributed by atoms with Gasteiger partial charge in [-0.05, 0) is 51.0 Å². The summed E-state index contributed by atoms with van der Waals surface area (Å²) < 4.78 is 11.6. The summed E-state index contributed by atoms with van der Waals surface area (Å²) in [6.07, 6.45) is 5.44. The quantitative estimate of drug-likeness (QED) is 0.923. The van der Waals surface area contributed by atoms with Crippen molar-refractivity contribution < 1.29 is 9.15 Å². The first-order valence-corrected chi connectivity index (χ1v) is 8.32. The maximum Gasteiger partial charge on any atom is 0.101 e. The predicted octanol–water partition coefficient (Wildman–Crippen LogP) is 3.15. The molecule has 1 aromatic rings. The molecule has 2 fully saturated rings. The number of ether oxygens (including phenoxy) is 1. The van der Waals surface area contributed by atoms with Gasteiger partial charge < -0.3 is 14.5 Å². The third-order valence-corrected chi connectivity index (χ3v) is 5.71. The summed E-state index contributed by atoms with van der Waals surface area (Å²) in [7, 11) is 2.05. The van der Waals surface area contributed by atoms with E-state index >= 15 is 0 Å². The third kappa shape index (κ3) is 2.71. The van der Waals surface area contributed by atoms with Crippen LogP contribution < -0.4 is 5.32 Å². The molecule has 0 aliphatic carbocycles. The summed E-state index contributed by atoms with van der Waals surface area (Å²) in [5.41, 5.74) is 1.44. The van der Waals surface area contributed by atoms with Crippen LogP contribution in [0.4, 0.5) is 0 Å². The summed E-state index contributed by atoms with van der Waals surface area (Å²) in [6.45, 7) is 2.91. The van der Waals surface area contributed by atoms with E-state index in [1.807, 2.05) is 24.9 Å². The van der Waals surface area contributed by atoms with Gasteiger partial charge >= 0.3 is 0 Å². The van der Waals surface area contributed by atoms with Crippen molar-refractivity contribution >= 4 is 11.8 Å². The zero-order valence-corrected chi connectivity index (χ0v) is 12.6. The van der Waals surface area contributed by atoms with Gasteiger partial charge in [-0.2, -0.15) is 11.8 Å². The van der Waals surface area contributed by atoms with Gasteiger partial charge in [0.25, 0.3) is 0 Å². The van der Waals surface area contributed by atoms with Gasteiger partial charge in [0.15, 0.2) is 0 Å². The molecule has 3 rings (SSSR count). The molecule has 0 bridgehead atoms. The Labute approximate surface area is 119 Å². The minimum Gasteiger partial charge on any atom is -0.469 e. The van der Waals surface area contributed by atoms with Gasteiger partial charge in [0.1, 0.15) is 5.76 Å². The second kappa shape index (κ2) is 5.51. The summed E-state index contributed by atoms with van der Waals surface area (Å²) in [5.74, 6) is 4.06. The average Bonchev–Trinajstić information content (AvgIpc) is 3.01. The zero-order valence-electron chi connectivity index (χ0n) is 11.8. The fraction of sp³-hybridized carbons (Fsp3) is 0.733. The van der Waals surface area contributed by atoms with Crippen molar-refractivity contribution in [2.24, 2.45) is 5.92 Å². The lowest BCUT2D eigenvalue weighted by atomic mass is 9.79. The normalized spacial score (nSPS) is 32.8. The Kier molecular flexibility index (Phi) is 3.92. The standard InChI is InChI=1S/C15H23NO2S/c1-11-7-13(9-17-11)14(16-2)12-3-5-18-15(8-12)4-6-19-10-15/h7,9,12,14,16H,3-6,8,10H2,1-2H3. The van der Waals surface area contributed by atoms with Gasteiger partial charge in [-0.25, -0.2) is 0 Å². The van der Waals surface area contributed by atoms with Crippen LogP contribution in [-0.2, 0) is 4.74 Å². The number of furan rings is 1. The van der Waals surface area contributed by atoms with Crippen molar-refractivity contribution in [1.82, 2.24) is 5.32 Å². The van der Waals surface area contributed by atoms with E-state index in [0.717, 1.165) is 18.8 Å². The van der Waals surface area contributed by atoms with Gasteiger partial charge in [0.05, 0.1) is 11.9 Å². The Bertz CT molecular complexity index is 426. The van der Waals surface area contributed by atoms with Crippen LogP contribution in [0.3, 0.4) is 0 Å². The summed E-state index contributed by atoms with van der Waals surface area (Å²) in [6, 6.07) is 2.55. The SMILES string of the molecule is CNC(c1coc(C)c1)C1CCOC2(CCSC2)C1. The molecule has 3 nitrogen and oxygen atoms in total. The Morgan fingerprint density at radius 3 is 3.05 bits per heavy atom. The lowest BCUT2D eigenvalue weighted by Crippen LogP contribution is -2.43. The highest BCUT2D eigenvalue weighted by molar-refractivity contribution is 7.99. The van der Waals surface area contributed by atoms with E-state index in [0.29, 0.717) is 12.0 Å². The molecule has 0 amide bonds. The van der Waals surface area contributed by atoms with Gasteiger partial charge in [-0.15, -0.1) is 0 Å². The highest BCUT2D eigenvalue weighted by atomic mass is 32.2. The lowest BCUT2D eigenvalue weighted by molar-refractivity contribution is -0.0850. The van der Waals surface area contributed by atoms with Gasteiger partial charge in [0.2, 0.25) is 0 Å². The Morgan fingerprint density at radius 2 is 2.42 bits per heavy atom. The maximum absolute atomic E-state index is 6.12. The molecule has 2 aliphatic rings.